The van der Waals surface area contributed by atoms with Gasteiger partial charge in [-0.3, -0.25) is 9.59 Å². The highest BCUT2D eigenvalue weighted by Crippen LogP contribution is 2.26. The molecule has 1 atom stereocenters. The van der Waals surface area contributed by atoms with Crippen molar-refractivity contribution >= 4 is 27.6 Å². The molecule has 29 heavy (non-hydrogen) atoms. The molecule has 0 aliphatic carbocycles. The second-order valence-corrected chi connectivity index (χ2v) is 9.56. The van der Waals surface area contributed by atoms with Crippen LogP contribution in [0.1, 0.15) is 51.3 Å². The standard InChI is InChI=1S/C21H26N2O5S/c1-14(24)22-17-9-11-18(12-10-17)29(27,28)23-19(13-20(25)26)15-5-7-16(8-6-15)21(2,3)4/h5-12,19,23H,13H2,1-4H3,(H,22,24)(H,25,26)/t19-/m0/s1. The number of sulfonamides is 1. The maximum Gasteiger partial charge on any atom is 0.305 e. The Hall–Kier alpha value is -2.71. The molecule has 3 N–H and O–H groups in total. The Kier molecular flexibility index (Phi) is 6.81. The third kappa shape index (κ3) is 6.40. The molecule has 0 fully saturated rings. The van der Waals surface area contributed by atoms with Crippen molar-refractivity contribution in [1.82, 2.24) is 4.72 Å². The molecule has 0 radical (unpaired) electrons. The van der Waals surface area contributed by atoms with Gasteiger partial charge in [-0.1, -0.05) is 45.0 Å². The number of rotatable bonds is 7. The lowest BCUT2D eigenvalue weighted by Gasteiger charge is -2.22. The number of aliphatic carboxylic acids is 1. The fourth-order valence-electron chi connectivity index (χ4n) is 2.79. The molecular weight excluding hydrogens is 392 g/mol. The van der Waals surface area contributed by atoms with Crippen molar-refractivity contribution in [1.29, 1.82) is 0 Å². The normalized spacial score (nSPS) is 13.0. The van der Waals surface area contributed by atoms with E-state index in [1.807, 2.05) is 12.1 Å². The number of hydrogen-bond acceptors (Lipinski definition) is 4. The van der Waals surface area contributed by atoms with E-state index < -0.39 is 28.5 Å². The van der Waals surface area contributed by atoms with Crippen molar-refractivity contribution < 1.29 is 23.1 Å². The van der Waals surface area contributed by atoms with E-state index in [0.717, 1.165) is 5.56 Å². The van der Waals surface area contributed by atoms with Gasteiger partial charge in [-0.2, -0.15) is 0 Å². The molecule has 2 rings (SSSR count). The van der Waals surface area contributed by atoms with Crippen molar-refractivity contribution in [2.75, 3.05) is 5.32 Å². The van der Waals surface area contributed by atoms with Crippen LogP contribution in [-0.4, -0.2) is 25.4 Å². The minimum Gasteiger partial charge on any atom is -0.481 e. The van der Waals surface area contributed by atoms with Gasteiger partial charge in [0.25, 0.3) is 0 Å². The lowest BCUT2D eigenvalue weighted by Crippen LogP contribution is -2.30. The third-order valence-corrected chi connectivity index (χ3v) is 5.83. The number of carboxylic acid groups (broad SMARTS) is 1. The first-order valence-electron chi connectivity index (χ1n) is 9.11. The average Bonchev–Trinajstić information content (AvgIpc) is 2.60. The summed E-state index contributed by atoms with van der Waals surface area (Å²) in [5.41, 5.74) is 2.03. The van der Waals surface area contributed by atoms with E-state index in [4.69, 9.17) is 0 Å². The minimum absolute atomic E-state index is 0.0201. The van der Waals surface area contributed by atoms with Crippen LogP contribution in [0.15, 0.2) is 53.4 Å². The number of benzene rings is 2. The van der Waals surface area contributed by atoms with Gasteiger partial charge in [-0.05, 0) is 40.8 Å². The SMILES string of the molecule is CC(=O)Nc1ccc(S(=O)(=O)N[C@@H](CC(=O)O)c2ccc(C(C)(C)C)cc2)cc1. The summed E-state index contributed by atoms with van der Waals surface area (Å²) in [5.74, 6) is -1.38. The van der Waals surface area contributed by atoms with Crippen LogP contribution < -0.4 is 10.0 Å². The van der Waals surface area contributed by atoms with Crippen LogP contribution in [0.4, 0.5) is 5.69 Å². The zero-order chi connectivity index (χ0) is 21.8. The first kappa shape index (κ1) is 22.6. The summed E-state index contributed by atoms with van der Waals surface area (Å²) < 4.78 is 28.0. The van der Waals surface area contributed by atoms with Gasteiger partial charge in [-0.15, -0.1) is 0 Å². The molecule has 7 nitrogen and oxygen atoms in total. The van der Waals surface area contributed by atoms with Crippen molar-refractivity contribution in [3.8, 4) is 0 Å². The van der Waals surface area contributed by atoms with Gasteiger partial charge in [0, 0.05) is 12.6 Å². The van der Waals surface area contributed by atoms with Gasteiger partial charge in [-0.25, -0.2) is 13.1 Å². The Morgan fingerprint density at radius 2 is 1.55 bits per heavy atom. The molecule has 0 aliphatic heterocycles. The molecule has 0 aliphatic rings. The Labute approximate surface area is 171 Å². The van der Waals surface area contributed by atoms with Crippen LogP contribution in [0.3, 0.4) is 0 Å². The Morgan fingerprint density at radius 1 is 1.00 bits per heavy atom. The molecule has 0 unspecified atom stereocenters. The molecule has 8 heteroatoms. The molecule has 0 aromatic heterocycles. The van der Waals surface area contributed by atoms with E-state index in [-0.39, 0.29) is 16.2 Å². The number of anilines is 1. The maximum absolute atomic E-state index is 12.8. The molecule has 1 amide bonds. The van der Waals surface area contributed by atoms with Gasteiger partial charge < -0.3 is 10.4 Å². The predicted molar refractivity (Wildman–Crippen MR) is 111 cm³/mol. The van der Waals surface area contributed by atoms with E-state index in [2.05, 4.69) is 30.8 Å². The highest BCUT2D eigenvalue weighted by atomic mass is 32.2. The molecule has 156 valence electrons. The van der Waals surface area contributed by atoms with E-state index in [0.29, 0.717) is 11.3 Å². The average molecular weight is 419 g/mol. The van der Waals surface area contributed by atoms with E-state index in [9.17, 15) is 23.1 Å². The number of carbonyl (C=O) groups excluding carboxylic acids is 1. The maximum atomic E-state index is 12.8. The van der Waals surface area contributed by atoms with Crippen molar-refractivity contribution in [2.45, 2.75) is 50.5 Å². The Balaban J connectivity index is 2.28. The zero-order valence-corrected chi connectivity index (χ0v) is 17.7. The van der Waals surface area contributed by atoms with Gasteiger partial charge in [0.1, 0.15) is 0 Å². The number of hydrogen-bond donors (Lipinski definition) is 3. The van der Waals surface area contributed by atoms with Gasteiger partial charge in [0.05, 0.1) is 17.4 Å². The summed E-state index contributed by atoms with van der Waals surface area (Å²) in [6, 6.07) is 12.0. The Bertz CT molecular complexity index is 975. The highest BCUT2D eigenvalue weighted by Gasteiger charge is 2.24. The Morgan fingerprint density at radius 3 is 2.00 bits per heavy atom. The monoisotopic (exact) mass is 418 g/mol. The lowest BCUT2D eigenvalue weighted by atomic mass is 9.86. The van der Waals surface area contributed by atoms with E-state index in [1.54, 1.807) is 12.1 Å². The zero-order valence-electron chi connectivity index (χ0n) is 16.9. The number of amides is 1. The van der Waals surface area contributed by atoms with Gasteiger partial charge >= 0.3 is 5.97 Å². The topological polar surface area (TPSA) is 113 Å². The molecule has 0 heterocycles. The van der Waals surface area contributed by atoms with E-state index in [1.165, 1.54) is 31.2 Å². The molecule has 2 aromatic rings. The summed E-state index contributed by atoms with van der Waals surface area (Å²) in [6.07, 6.45) is -0.391. The smallest absolute Gasteiger partial charge is 0.305 e. The first-order chi connectivity index (χ1) is 13.4. The first-order valence-corrected chi connectivity index (χ1v) is 10.6. The number of nitrogens with one attached hydrogen (secondary N) is 2. The predicted octanol–water partition coefficient (Wildman–Crippen LogP) is 3.44. The van der Waals surface area contributed by atoms with Crippen molar-refractivity contribution in [3.63, 3.8) is 0 Å². The second-order valence-electron chi connectivity index (χ2n) is 7.85. The van der Waals surface area contributed by atoms with Crippen molar-refractivity contribution in [2.24, 2.45) is 0 Å². The minimum atomic E-state index is -3.96. The van der Waals surface area contributed by atoms with Crippen LogP contribution in [-0.2, 0) is 25.0 Å². The van der Waals surface area contributed by atoms with Crippen LogP contribution in [0, 0.1) is 0 Å². The molecular formula is C21H26N2O5S. The molecule has 0 bridgehead atoms. The second kappa shape index (κ2) is 8.75. The molecule has 0 spiro atoms. The fraction of sp³-hybridized carbons (Fsp3) is 0.333. The van der Waals surface area contributed by atoms with Crippen LogP contribution >= 0.6 is 0 Å². The third-order valence-electron chi connectivity index (χ3n) is 4.34. The van der Waals surface area contributed by atoms with Crippen LogP contribution in [0.2, 0.25) is 0 Å². The highest BCUT2D eigenvalue weighted by molar-refractivity contribution is 7.89. The summed E-state index contributed by atoms with van der Waals surface area (Å²) in [7, 11) is -3.96. The summed E-state index contributed by atoms with van der Waals surface area (Å²) in [4.78, 5) is 22.4. The summed E-state index contributed by atoms with van der Waals surface area (Å²) in [5, 5.41) is 11.8. The van der Waals surface area contributed by atoms with Crippen LogP contribution in [0.25, 0.3) is 0 Å². The van der Waals surface area contributed by atoms with Gasteiger partial charge in [0.15, 0.2) is 0 Å². The fourth-order valence-corrected chi connectivity index (χ4v) is 4.02. The molecule has 0 saturated carbocycles. The van der Waals surface area contributed by atoms with Gasteiger partial charge in [0.2, 0.25) is 15.9 Å². The van der Waals surface area contributed by atoms with Crippen molar-refractivity contribution in [3.05, 3.63) is 59.7 Å². The van der Waals surface area contributed by atoms with Crippen LogP contribution in [0.5, 0.6) is 0 Å². The molecule has 2 aromatic carbocycles. The number of carboxylic acids is 1. The molecule has 0 saturated heterocycles. The number of carbonyl (C=O) groups is 2. The summed E-state index contributed by atoms with van der Waals surface area (Å²) >= 11 is 0. The quantitative estimate of drug-likeness (QED) is 0.638. The summed E-state index contributed by atoms with van der Waals surface area (Å²) in [6.45, 7) is 7.53. The van der Waals surface area contributed by atoms with E-state index >= 15 is 0 Å². The lowest BCUT2D eigenvalue weighted by molar-refractivity contribution is -0.137. The largest absolute Gasteiger partial charge is 0.481 e.